The minimum atomic E-state index is -0.305. The normalized spacial score (nSPS) is 11.8. The van der Waals surface area contributed by atoms with Crippen LogP contribution in [0.1, 0.15) is 35.8 Å². The highest BCUT2D eigenvalue weighted by Crippen LogP contribution is 2.27. The molecule has 1 atom stereocenters. The summed E-state index contributed by atoms with van der Waals surface area (Å²) in [5, 5.41) is 3.43. The van der Waals surface area contributed by atoms with Gasteiger partial charge in [-0.1, -0.05) is 30.3 Å². The first kappa shape index (κ1) is 15.6. The first-order valence-electron chi connectivity index (χ1n) is 6.90. The highest BCUT2D eigenvalue weighted by atomic mass is 79.9. The summed E-state index contributed by atoms with van der Waals surface area (Å²) in [7, 11) is 0. The van der Waals surface area contributed by atoms with E-state index >= 15 is 0 Å². The predicted molar refractivity (Wildman–Crippen MR) is 88.6 cm³/mol. The maximum absolute atomic E-state index is 11.7. The molecule has 0 spiro atoms. The van der Waals surface area contributed by atoms with Crippen LogP contribution in [0.25, 0.3) is 0 Å². The standard InChI is InChI=1S/C17H18BrNO2/c1-3-21-17(20)14-9-10-16(15(18)11-14)19-12(2)13-7-5-4-6-8-13/h4-12,19H,3H2,1-2H3. The molecule has 0 aliphatic carbocycles. The molecule has 1 unspecified atom stereocenters. The Morgan fingerprint density at radius 1 is 1.24 bits per heavy atom. The summed E-state index contributed by atoms with van der Waals surface area (Å²) in [5.74, 6) is -0.305. The molecule has 0 amide bonds. The lowest BCUT2D eigenvalue weighted by Gasteiger charge is -2.17. The van der Waals surface area contributed by atoms with Crippen molar-refractivity contribution in [3.05, 3.63) is 64.1 Å². The van der Waals surface area contributed by atoms with Gasteiger partial charge in [0.05, 0.1) is 12.2 Å². The van der Waals surface area contributed by atoms with Gasteiger partial charge in [0.15, 0.2) is 0 Å². The van der Waals surface area contributed by atoms with E-state index in [2.05, 4.69) is 40.3 Å². The van der Waals surface area contributed by atoms with E-state index in [1.165, 1.54) is 5.56 Å². The van der Waals surface area contributed by atoms with Crippen molar-refractivity contribution in [2.24, 2.45) is 0 Å². The van der Waals surface area contributed by atoms with Gasteiger partial charge in [-0.05, 0) is 53.5 Å². The molecule has 0 saturated heterocycles. The van der Waals surface area contributed by atoms with Crippen LogP contribution in [0.15, 0.2) is 53.0 Å². The van der Waals surface area contributed by atoms with Crippen LogP contribution in [0.4, 0.5) is 5.69 Å². The third-order valence-electron chi connectivity index (χ3n) is 3.15. The lowest BCUT2D eigenvalue weighted by Crippen LogP contribution is -2.08. The number of ether oxygens (including phenoxy) is 1. The second-order valence-electron chi connectivity index (χ2n) is 4.69. The maximum atomic E-state index is 11.7. The van der Waals surface area contributed by atoms with E-state index in [-0.39, 0.29) is 12.0 Å². The van der Waals surface area contributed by atoms with Crippen molar-refractivity contribution < 1.29 is 9.53 Å². The molecule has 0 radical (unpaired) electrons. The second kappa shape index (κ2) is 7.27. The molecule has 0 bridgehead atoms. The molecule has 2 aromatic rings. The monoisotopic (exact) mass is 347 g/mol. The topological polar surface area (TPSA) is 38.3 Å². The Morgan fingerprint density at radius 2 is 1.95 bits per heavy atom. The Labute approximate surface area is 133 Å². The quantitative estimate of drug-likeness (QED) is 0.789. The highest BCUT2D eigenvalue weighted by molar-refractivity contribution is 9.10. The first-order chi connectivity index (χ1) is 10.1. The molecule has 110 valence electrons. The van der Waals surface area contributed by atoms with Crippen LogP contribution in [-0.4, -0.2) is 12.6 Å². The maximum Gasteiger partial charge on any atom is 0.338 e. The van der Waals surface area contributed by atoms with Crippen LogP contribution in [0.5, 0.6) is 0 Å². The van der Waals surface area contributed by atoms with Crippen molar-refractivity contribution in [1.29, 1.82) is 0 Å². The van der Waals surface area contributed by atoms with Gasteiger partial charge < -0.3 is 10.1 Å². The van der Waals surface area contributed by atoms with Crippen LogP contribution in [0.2, 0.25) is 0 Å². The van der Waals surface area contributed by atoms with Gasteiger partial charge in [-0.2, -0.15) is 0 Å². The predicted octanol–water partition coefficient (Wildman–Crippen LogP) is 4.80. The molecule has 2 aromatic carbocycles. The molecule has 2 rings (SSSR count). The molecule has 0 aromatic heterocycles. The zero-order valence-corrected chi connectivity index (χ0v) is 13.7. The first-order valence-corrected chi connectivity index (χ1v) is 7.69. The molecular weight excluding hydrogens is 330 g/mol. The largest absolute Gasteiger partial charge is 0.462 e. The highest BCUT2D eigenvalue weighted by Gasteiger charge is 2.11. The van der Waals surface area contributed by atoms with E-state index in [9.17, 15) is 4.79 Å². The minimum absolute atomic E-state index is 0.177. The van der Waals surface area contributed by atoms with Crippen molar-refractivity contribution in [3.63, 3.8) is 0 Å². The molecule has 1 N–H and O–H groups in total. The molecule has 0 heterocycles. The molecule has 0 saturated carbocycles. The SMILES string of the molecule is CCOC(=O)c1ccc(NC(C)c2ccccc2)c(Br)c1. The van der Waals surface area contributed by atoms with E-state index in [0.717, 1.165) is 10.2 Å². The Balaban J connectivity index is 2.13. The van der Waals surface area contributed by atoms with E-state index in [0.29, 0.717) is 12.2 Å². The van der Waals surface area contributed by atoms with Gasteiger partial charge in [-0.3, -0.25) is 0 Å². The van der Waals surface area contributed by atoms with Gasteiger partial charge in [-0.25, -0.2) is 4.79 Å². The van der Waals surface area contributed by atoms with Crippen LogP contribution in [0, 0.1) is 0 Å². The van der Waals surface area contributed by atoms with Crippen molar-refractivity contribution in [1.82, 2.24) is 0 Å². The Hall–Kier alpha value is -1.81. The number of nitrogens with one attached hydrogen (secondary N) is 1. The lowest BCUT2D eigenvalue weighted by atomic mass is 10.1. The Bertz CT molecular complexity index is 613. The Morgan fingerprint density at radius 3 is 2.57 bits per heavy atom. The molecule has 3 nitrogen and oxygen atoms in total. The fourth-order valence-corrected chi connectivity index (χ4v) is 2.53. The van der Waals surface area contributed by atoms with Gasteiger partial charge in [0, 0.05) is 16.2 Å². The number of carbonyl (C=O) groups excluding carboxylic acids is 1. The number of hydrogen-bond acceptors (Lipinski definition) is 3. The zero-order chi connectivity index (χ0) is 15.2. The van der Waals surface area contributed by atoms with E-state index in [1.807, 2.05) is 24.3 Å². The average Bonchev–Trinajstić information content (AvgIpc) is 2.50. The second-order valence-corrected chi connectivity index (χ2v) is 5.55. The fraction of sp³-hybridized carbons (Fsp3) is 0.235. The summed E-state index contributed by atoms with van der Waals surface area (Å²) >= 11 is 3.50. The zero-order valence-electron chi connectivity index (χ0n) is 12.1. The number of hydrogen-bond donors (Lipinski definition) is 1. The van der Waals surface area contributed by atoms with Gasteiger partial charge in [0.25, 0.3) is 0 Å². The van der Waals surface area contributed by atoms with Crippen LogP contribution < -0.4 is 5.32 Å². The minimum Gasteiger partial charge on any atom is -0.462 e. The van der Waals surface area contributed by atoms with Crippen molar-refractivity contribution in [2.45, 2.75) is 19.9 Å². The fourth-order valence-electron chi connectivity index (χ4n) is 2.03. The molecule has 4 heteroatoms. The van der Waals surface area contributed by atoms with E-state index in [1.54, 1.807) is 19.1 Å². The van der Waals surface area contributed by atoms with Gasteiger partial charge in [0.1, 0.15) is 0 Å². The van der Waals surface area contributed by atoms with Gasteiger partial charge in [-0.15, -0.1) is 0 Å². The summed E-state index contributed by atoms with van der Waals surface area (Å²) in [6.07, 6.45) is 0. The summed E-state index contributed by atoms with van der Waals surface area (Å²) in [4.78, 5) is 11.7. The number of anilines is 1. The van der Waals surface area contributed by atoms with E-state index < -0.39 is 0 Å². The number of esters is 1. The molecule has 0 fully saturated rings. The number of benzene rings is 2. The van der Waals surface area contributed by atoms with Crippen molar-refractivity contribution in [3.8, 4) is 0 Å². The summed E-state index contributed by atoms with van der Waals surface area (Å²) in [6, 6.07) is 15.8. The summed E-state index contributed by atoms with van der Waals surface area (Å²) in [6.45, 7) is 4.27. The molecule has 0 aliphatic heterocycles. The molecule has 21 heavy (non-hydrogen) atoms. The number of halogens is 1. The Kier molecular flexibility index (Phi) is 5.39. The van der Waals surface area contributed by atoms with Gasteiger partial charge >= 0.3 is 5.97 Å². The van der Waals surface area contributed by atoms with Crippen LogP contribution in [0.3, 0.4) is 0 Å². The van der Waals surface area contributed by atoms with Crippen LogP contribution in [-0.2, 0) is 4.74 Å². The third-order valence-corrected chi connectivity index (χ3v) is 3.81. The number of carbonyl (C=O) groups is 1. The average molecular weight is 348 g/mol. The van der Waals surface area contributed by atoms with Crippen LogP contribution >= 0.6 is 15.9 Å². The van der Waals surface area contributed by atoms with Crippen molar-refractivity contribution >= 4 is 27.6 Å². The van der Waals surface area contributed by atoms with E-state index in [4.69, 9.17) is 4.74 Å². The molecule has 0 aliphatic rings. The summed E-state index contributed by atoms with van der Waals surface area (Å²) < 4.78 is 5.84. The smallest absolute Gasteiger partial charge is 0.338 e. The van der Waals surface area contributed by atoms with Crippen molar-refractivity contribution in [2.75, 3.05) is 11.9 Å². The lowest BCUT2D eigenvalue weighted by molar-refractivity contribution is 0.0526. The third kappa shape index (κ3) is 4.08. The number of rotatable bonds is 5. The molecular formula is C17H18BrNO2. The van der Waals surface area contributed by atoms with Gasteiger partial charge in [0.2, 0.25) is 0 Å². The summed E-state index contributed by atoms with van der Waals surface area (Å²) in [5.41, 5.74) is 2.69.